The number of nitriles is 1. The lowest BCUT2D eigenvalue weighted by Crippen LogP contribution is -1.99. The SMILES string of the molecule is Cc1ccc(Nc2ncncc2C#N)c(C)c1. The van der Waals surface area contributed by atoms with Gasteiger partial charge in [0.2, 0.25) is 0 Å². The van der Waals surface area contributed by atoms with Gasteiger partial charge >= 0.3 is 0 Å². The molecule has 17 heavy (non-hydrogen) atoms. The van der Waals surface area contributed by atoms with Crippen LogP contribution in [0.3, 0.4) is 0 Å². The van der Waals surface area contributed by atoms with Crippen molar-refractivity contribution in [2.45, 2.75) is 13.8 Å². The number of aryl methyl sites for hydroxylation is 2. The van der Waals surface area contributed by atoms with E-state index in [0.717, 1.165) is 11.3 Å². The third-order valence-electron chi connectivity index (χ3n) is 2.47. The highest BCUT2D eigenvalue weighted by molar-refractivity contribution is 5.64. The fourth-order valence-electron chi connectivity index (χ4n) is 1.59. The minimum atomic E-state index is 0.437. The Balaban J connectivity index is 2.35. The van der Waals surface area contributed by atoms with E-state index in [9.17, 15) is 0 Å². The van der Waals surface area contributed by atoms with Gasteiger partial charge in [-0.25, -0.2) is 9.97 Å². The smallest absolute Gasteiger partial charge is 0.151 e. The molecule has 0 bridgehead atoms. The lowest BCUT2D eigenvalue weighted by Gasteiger charge is -2.09. The molecule has 0 fully saturated rings. The second-order valence-corrected chi connectivity index (χ2v) is 3.84. The third kappa shape index (κ3) is 2.40. The van der Waals surface area contributed by atoms with Gasteiger partial charge in [-0.3, -0.25) is 0 Å². The summed E-state index contributed by atoms with van der Waals surface area (Å²) in [6, 6.07) is 8.13. The van der Waals surface area contributed by atoms with Gasteiger partial charge in [0, 0.05) is 5.69 Å². The van der Waals surface area contributed by atoms with E-state index in [2.05, 4.69) is 27.4 Å². The zero-order valence-corrected chi connectivity index (χ0v) is 9.73. The van der Waals surface area contributed by atoms with E-state index < -0.39 is 0 Å². The maximum atomic E-state index is 8.94. The van der Waals surface area contributed by atoms with Crippen molar-refractivity contribution < 1.29 is 0 Å². The van der Waals surface area contributed by atoms with Gasteiger partial charge in [0.1, 0.15) is 18.0 Å². The Morgan fingerprint density at radius 2 is 2.12 bits per heavy atom. The molecule has 2 aromatic rings. The van der Waals surface area contributed by atoms with Crippen LogP contribution in [-0.2, 0) is 0 Å². The van der Waals surface area contributed by atoms with Gasteiger partial charge in [-0.2, -0.15) is 5.26 Å². The lowest BCUT2D eigenvalue weighted by molar-refractivity contribution is 1.15. The molecular weight excluding hydrogens is 212 g/mol. The molecule has 1 heterocycles. The highest BCUT2D eigenvalue weighted by Gasteiger charge is 2.05. The topological polar surface area (TPSA) is 61.6 Å². The van der Waals surface area contributed by atoms with Crippen LogP contribution < -0.4 is 5.32 Å². The van der Waals surface area contributed by atoms with Gasteiger partial charge in [-0.1, -0.05) is 17.7 Å². The highest BCUT2D eigenvalue weighted by atomic mass is 15.0. The number of nitrogens with zero attached hydrogens (tertiary/aromatic N) is 3. The molecule has 0 saturated carbocycles. The van der Waals surface area contributed by atoms with E-state index in [4.69, 9.17) is 5.26 Å². The molecule has 1 aromatic carbocycles. The van der Waals surface area contributed by atoms with Gasteiger partial charge < -0.3 is 5.32 Å². The van der Waals surface area contributed by atoms with E-state index in [1.165, 1.54) is 18.1 Å². The van der Waals surface area contributed by atoms with E-state index in [1.54, 1.807) is 0 Å². The van der Waals surface area contributed by atoms with Gasteiger partial charge in [0.25, 0.3) is 0 Å². The number of hydrogen-bond donors (Lipinski definition) is 1. The zero-order chi connectivity index (χ0) is 12.3. The summed E-state index contributed by atoms with van der Waals surface area (Å²) in [5.74, 6) is 0.537. The fraction of sp³-hybridized carbons (Fsp3) is 0.154. The molecule has 0 amide bonds. The average Bonchev–Trinajstić information content (AvgIpc) is 2.33. The van der Waals surface area contributed by atoms with Crippen molar-refractivity contribution in [3.05, 3.63) is 47.4 Å². The van der Waals surface area contributed by atoms with Crippen LogP contribution in [0.15, 0.2) is 30.7 Å². The molecule has 84 valence electrons. The predicted octanol–water partition coefficient (Wildman–Crippen LogP) is 2.71. The largest absolute Gasteiger partial charge is 0.339 e. The maximum absolute atomic E-state index is 8.94. The summed E-state index contributed by atoms with van der Waals surface area (Å²) in [6.45, 7) is 4.06. The number of anilines is 2. The number of nitrogens with one attached hydrogen (secondary N) is 1. The standard InChI is InChI=1S/C13H12N4/c1-9-3-4-12(10(2)5-9)17-13-11(6-14)7-15-8-16-13/h3-5,7-8H,1-2H3,(H,15,16,17). The molecule has 0 radical (unpaired) electrons. The van der Waals surface area contributed by atoms with Crippen LogP contribution in [0.25, 0.3) is 0 Å². The molecule has 2 rings (SSSR count). The van der Waals surface area contributed by atoms with Gasteiger partial charge in [-0.05, 0) is 25.5 Å². The van der Waals surface area contributed by atoms with Gasteiger partial charge in [0.15, 0.2) is 5.82 Å². The molecule has 0 spiro atoms. The summed E-state index contributed by atoms with van der Waals surface area (Å²) in [5.41, 5.74) is 3.71. The number of aromatic nitrogens is 2. The zero-order valence-electron chi connectivity index (χ0n) is 9.73. The molecular formula is C13H12N4. The van der Waals surface area contributed by atoms with Crippen molar-refractivity contribution >= 4 is 11.5 Å². The van der Waals surface area contributed by atoms with Crippen molar-refractivity contribution in [1.82, 2.24) is 9.97 Å². The molecule has 0 aliphatic heterocycles. The van der Waals surface area contributed by atoms with E-state index in [-0.39, 0.29) is 0 Å². The Labute approximate surface area is 100.0 Å². The first-order valence-electron chi connectivity index (χ1n) is 5.25. The first-order valence-corrected chi connectivity index (χ1v) is 5.25. The molecule has 0 aliphatic rings. The number of hydrogen-bond acceptors (Lipinski definition) is 4. The highest BCUT2D eigenvalue weighted by Crippen LogP contribution is 2.21. The van der Waals surface area contributed by atoms with E-state index >= 15 is 0 Å². The molecule has 1 N–H and O–H groups in total. The second-order valence-electron chi connectivity index (χ2n) is 3.84. The summed E-state index contributed by atoms with van der Waals surface area (Å²) in [6.07, 6.45) is 2.92. The van der Waals surface area contributed by atoms with Gasteiger partial charge in [-0.15, -0.1) is 0 Å². The Bertz CT molecular complexity index is 584. The summed E-state index contributed by atoms with van der Waals surface area (Å²) in [5, 5.41) is 12.1. The van der Waals surface area contributed by atoms with Crippen molar-refractivity contribution in [3.8, 4) is 6.07 Å². The van der Waals surface area contributed by atoms with E-state index in [0.29, 0.717) is 11.4 Å². The summed E-state index contributed by atoms with van der Waals surface area (Å²) in [4.78, 5) is 7.88. The summed E-state index contributed by atoms with van der Waals surface area (Å²) < 4.78 is 0. The first-order chi connectivity index (χ1) is 8.20. The Morgan fingerprint density at radius 3 is 2.82 bits per heavy atom. The normalized spacial score (nSPS) is 9.71. The van der Waals surface area contributed by atoms with Crippen LogP contribution in [-0.4, -0.2) is 9.97 Å². The van der Waals surface area contributed by atoms with Crippen LogP contribution in [0.5, 0.6) is 0 Å². The molecule has 0 atom stereocenters. The Hall–Kier alpha value is -2.41. The molecule has 0 aliphatic carbocycles. The molecule has 0 saturated heterocycles. The molecule has 4 heteroatoms. The van der Waals surface area contributed by atoms with Gasteiger partial charge in [0.05, 0.1) is 6.20 Å². The fourth-order valence-corrected chi connectivity index (χ4v) is 1.59. The predicted molar refractivity (Wildman–Crippen MR) is 65.9 cm³/mol. The summed E-state index contributed by atoms with van der Waals surface area (Å²) >= 11 is 0. The molecule has 0 unspecified atom stereocenters. The van der Waals surface area contributed by atoms with Crippen LogP contribution in [0.4, 0.5) is 11.5 Å². The Morgan fingerprint density at radius 1 is 1.29 bits per heavy atom. The first kappa shape index (κ1) is 11.1. The second kappa shape index (κ2) is 4.62. The van der Waals surface area contributed by atoms with Crippen molar-refractivity contribution in [2.75, 3.05) is 5.32 Å². The van der Waals surface area contributed by atoms with Crippen LogP contribution in [0.1, 0.15) is 16.7 Å². The van der Waals surface area contributed by atoms with Crippen molar-refractivity contribution in [2.24, 2.45) is 0 Å². The van der Waals surface area contributed by atoms with Crippen LogP contribution in [0, 0.1) is 25.2 Å². The number of rotatable bonds is 2. The lowest BCUT2D eigenvalue weighted by atomic mass is 10.1. The van der Waals surface area contributed by atoms with Crippen LogP contribution in [0.2, 0.25) is 0 Å². The van der Waals surface area contributed by atoms with Crippen molar-refractivity contribution in [1.29, 1.82) is 5.26 Å². The maximum Gasteiger partial charge on any atom is 0.151 e. The molecule has 4 nitrogen and oxygen atoms in total. The number of benzene rings is 1. The minimum Gasteiger partial charge on any atom is -0.339 e. The minimum absolute atomic E-state index is 0.437. The summed E-state index contributed by atoms with van der Waals surface area (Å²) in [7, 11) is 0. The Kier molecular flexibility index (Phi) is 3.01. The van der Waals surface area contributed by atoms with Crippen molar-refractivity contribution in [3.63, 3.8) is 0 Å². The monoisotopic (exact) mass is 224 g/mol. The molecule has 1 aromatic heterocycles. The average molecular weight is 224 g/mol. The third-order valence-corrected chi connectivity index (χ3v) is 2.47. The van der Waals surface area contributed by atoms with E-state index in [1.807, 2.05) is 26.0 Å². The van der Waals surface area contributed by atoms with Crippen LogP contribution >= 0.6 is 0 Å². The quantitative estimate of drug-likeness (QED) is 0.851.